The van der Waals surface area contributed by atoms with Gasteiger partial charge in [-0.2, -0.15) is 0 Å². The standard InChI is InChI=1S/C13H20N2/c1-10-5-4-8-14-12(10)9-15-13(2,3)11-6-7-11/h4-5,8,11,15H,6-7,9H2,1-3H3. The Bertz CT molecular complexity index is 340. The summed E-state index contributed by atoms with van der Waals surface area (Å²) in [6.07, 6.45) is 4.62. The van der Waals surface area contributed by atoms with E-state index in [0.717, 1.165) is 12.5 Å². The lowest BCUT2D eigenvalue weighted by molar-refractivity contribution is 0.337. The van der Waals surface area contributed by atoms with Gasteiger partial charge in [-0.15, -0.1) is 0 Å². The minimum absolute atomic E-state index is 0.268. The predicted octanol–water partition coefficient (Wildman–Crippen LogP) is 2.67. The minimum atomic E-state index is 0.268. The Morgan fingerprint density at radius 3 is 2.80 bits per heavy atom. The number of pyridine rings is 1. The molecule has 2 heteroatoms. The third kappa shape index (κ3) is 2.57. The quantitative estimate of drug-likeness (QED) is 0.815. The molecule has 0 unspecified atom stereocenters. The number of aryl methyl sites for hydroxylation is 1. The molecule has 1 aromatic heterocycles. The summed E-state index contributed by atoms with van der Waals surface area (Å²) in [4.78, 5) is 4.40. The van der Waals surface area contributed by atoms with Gasteiger partial charge in [0.25, 0.3) is 0 Å². The number of hydrogen-bond donors (Lipinski definition) is 1. The third-order valence-corrected chi connectivity index (χ3v) is 3.43. The molecule has 0 radical (unpaired) electrons. The molecule has 0 atom stereocenters. The van der Waals surface area contributed by atoms with Crippen LogP contribution in [0.15, 0.2) is 18.3 Å². The summed E-state index contributed by atoms with van der Waals surface area (Å²) < 4.78 is 0. The van der Waals surface area contributed by atoms with Gasteiger partial charge in [-0.1, -0.05) is 6.07 Å². The molecule has 0 bridgehead atoms. The smallest absolute Gasteiger partial charge is 0.0570 e. The summed E-state index contributed by atoms with van der Waals surface area (Å²) >= 11 is 0. The summed E-state index contributed by atoms with van der Waals surface area (Å²) in [7, 11) is 0. The zero-order valence-corrected chi connectivity index (χ0v) is 9.88. The molecule has 1 heterocycles. The maximum absolute atomic E-state index is 4.40. The van der Waals surface area contributed by atoms with Crippen molar-refractivity contribution in [3.8, 4) is 0 Å². The first-order chi connectivity index (χ1) is 7.09. The van der Waals surface area contributed by atoms with Gasteiger partial charge in [0.1, 0.15) is 0 Å². The van der Waals surface area contributed by atoms with E-state index < -0.39 is 0 Å². The van der Waals surface area contributed by atoms with Crippen LogP contribution in [0.5, 0.6) is 0 Å². The monoisotopic (exact) mass is 204 g/mol. The minimum Gasteiger partial charge on any atom is -0.306 e. The lowest BCUT2D eigenvalue weighted by Crippen LogP contribution is -2.41. The first-order valence-electron chi connectivity index (χ1n) is 5.75. The van der Waals surface area contributed by atoms with Gasteiger partial charge in [0, 0.05) is 18.3 Å². The van der Waals surface area contributed by atoms with E-state index in [0.29, 0.717) is 0 Å². The SMILES string of the molecule is Cc1cccnc1CNC(C)(C)C1CC1. The van der Waals surface area contributed by atoms with E-state index >= 15 is 0 Å². The van der Waals surface area contributed by atoms with Gasteiger partial charge >= 0.3 is 0 Å². The Kier molecular flexibility index (Phi) is 2.79. The van der Waals surface area contributed by atoms with Crippen molar-refractivity contribution in [2.75, 3.05) is 0 Å². The van der Waals surface area contributed by atoms with Crippen molar-refractivity contribution >= 4 is 0 Å². The van der Waals surface area contributed by atoms with Crippen LogP contribution in [0.3, 0.4) is 0 Å². The van der Waals surface area contributed by atoms with Crippen LogP contribution < -0.4 is 5.32 Å². The van der Waals surface area contributed by atoms with E-state index in [1.54, 1.807) is 0 Å². The average molecular weight is 204 g/mol. The highest BCUT2D eigenvalue weighted by molar-refractivity contribution is 5.17. The second-order valence-electron chi connectivity index (χ2n) is 5.12. The molecule has 0 saturated heterocycles. The van der Waals surface area contributed by atoms with E-state index in [4.69, 9.17) is 0 Å². The fourth-order valence-corrected chi connectivity index (χ4v) is 1.96. The molecule has 2 rings (SSSR count). The van der Waals surface area contributed by atoms with Gasteiger partial charge in [0.15, 0.2) is 0 Å². The molecular formula is C13H20N2. The summed E-state index contributed by atoms with van der Waals surface area (Å²) in [6.45, 7) is 7.59. The number of nitrogens with zero attached hydrogens (tertiary/aromatic N) is 1. The molecule has 0 aliphatic heterocycles. The second-order valence-corrected chi connectivity index (χ2v) is 5.12. The number of aromatic nitrogens is 1. The summed E-state index contributed by atoms with van der Waals surface area (Å²) in [5.41, 5.74) is 2.71. The fourth-order valence-electron chi connectivity index (χ4n) is 1.96. The van der Waals surface area contributed by atoms with E-state index in [-0.39, 0.29) is 5.54 Å². The fraction of sp³-hybridized carbons (Fsp3) is 0.615. The summed E-state index contributed by atoms with van der Waals surface area (Å²) in [5.74, 6) is 0.863. The van der Waals surface area contributed by atoms with Crippen LogP contribution in [0.4, 0.5) is 0 Å². The lowest BCUT2D eigenvalue weighted by atomic mass is 9.98. The zero-order chi connectivity index (χ0) is 10.9. The van der Waals surface area contributed by atoms with Gasteiger partial charge in [-0.3, -0.25) is 4.98 Å². The predicted molar refractivity (Wildman–Crippen MR) is 62.6 cm³/mol. The van der Waals surface area contributed by atoms with E-state index in [9.17, 15) is 0 Å². The Morgan fingerprint density at radius 1 is 1.47 bits per heavy atom. The molecule has 0 spiro atoms. The van der Waals surface area contributed by atoms with E-state index in [1.807, 2.05) is 12.3 Å². The number of hydrogen-bond acceptors (Lipinski definition) is 2. The molecule has 15 heavy (non-hydrogen) atoms. The van der Waals surface area contributed by atoms with Gasteiger partial charge in [0.2, 0.25) is 0 Å². The Balaban J connectivity index is 1.95. The van der Waals surface area contributed by atoms with Crippen molar-refractivity contribution in [3.05, 3.63) is 29.6 Å². The summed E-state index contributed by atoms with van der Waals surface area (Å²) in [6, 6.07) is 4.11. The highest BCUT2D eigenvalue weighted by Crippen LogP contribution is 2.39. The topological polar surface area (TPSA) is 24.9 Å². The van der Waals surface area contributed by atoms with Crippen LogP contribution in [0.2, 0.25) is 0 Å². The first kappa shape index (κ1) is 10.6. The molecule has 1 aliphatic rings. The van der Waals surface area contributed by atoms with E-state index in [1.165, 1.54) is 24.1 Å². The Hall–Kier alpha value is -0.890. The van der Waals surface area contributed by atoms with Crippen LogP contribution in [-0.4, -0.2) is 10.5 Å². The van der Waals surface area contributed by atoms with Crippen molar-refractivity contribution in [3.63, 3.8) is 0 Å². The molecule has 0 amide bonds. The highest BCUT2D eigenvalue weighted by Gasteiger charge is 2.37. The molecular weight excluding hydrogens is 184 g/mol. The Labute approximate surface area is 92.1 Å². The van der Waals surface area contributed by atoms with Crippen LogP contribution in [0, 0.1) is 12.8 Å². The van der Waals surface area contributed by atoms with E-state index in [2.05, 4.69) is 37.1 Å². The molecule has 1 saturated carbocycles. The van der Waals surface area contributed by atoms with Gasteiger partial charge < -0.3 is 5.32 Å². The molecule has 1 aromatic rings. The summed E-state index contributed by atoms with van der Waals surface area (Å²) in [5, 5.41) is 3.62. The van der Waals surface area contributed by atoms with Gasteiger partial charge in [0.05, 0.1) is 5.69 Å². The molecule has 1 fully saturated rings. The molecule has 0 aromatic carbocycles. The third-order valence-electron chi connectivity index (χ3n) is 3.43. The highest BCUT2D eigenvalue weighted by atomic mass is 15.0. The zero-order valence-electron chi connectivity index (χ0n) is 9.88. The van der Waals surface area contributed by atoms with Crippen molar-refractivity contribution < 1.29 is 0 Å². The van der Waals surface area contributed by atoms with Crippen molar-refractivity contribution in [1.29, 1.82) is 0 Å². The molecule has 2 nitrogen and oxygen atoms in total. The average Bonchev–Trinajstić information content (AvgIpc) is 3.00. The molecule has 82 valence electrons. The van der Waals surface area contributed by atoms with Crippen LogP contribution in [-0.2, 0) is 6.54 Å². The van der Waals surface area contributed by atoms with Gasteiger partial charge in [-0.05, 0) is 51.2 Å². The normalized spacial score (nSPS) is 16.7. The van der Waals surface area contributed by atoms with Crippen molar-refractivity contribution in [1.82, 2.24) is 10.3 Å². The van der Waals surface area contributed by atoms with Crippen molar-refractivity contribution in [2.24, 2.45) is 5.92 Å². The van der Waals surface area contributed by atoms with Gasteiger partial charge in [-0.25, -0.2) is 0 Å². The number of nitrogens with one attached hydrogen (secondary N) is 1. The Morgan fingerprint density at radius 2 is 2.20 bits per heavy atom. The molecule has 1 aliphatic carbocycles. The largest absolute Gasteiger partial charge is 0.306 e. The van der Waals surface area contributed by atoms with Crippen LogP contribution in [0.1, 0.15) is 37.9 Å². The number of rotatable bonds is 4. The van der Waals surface area contributed by atoms with Crippen LogP contribution in [0.25, 0.3) is 0 Å². The lowest BCUT2D eigenvalue weighted by Gasteiger charge is -2.26. The maximum atomic E-state index is 4.40. The maximum Gasteiger partial charge on any atom is 0.0570 e. The first-order valence-corrected chi connectivity index (χ1v) is 5.75. The second kappa shape index (κ2) is 3.93. The molecule has 1 N–H and O–H groups in total. The van der Waals surface area contributed by atoms with Crippen molar-refractivity contribution in [2.45, 2.75) is 45.7 Å². The van der Waals surface area contributed by atoms with Crippen LogP contribution >= 0.6 is 0 Å².